The van der Waals surface area contributed by atoms with E-state index in [1.807, 2.05) is 25.2 Å². The second-order valence-corrected chi connectivity index (χ2v) is 6.27. The number of rotatable bonds is 4. The second-order valence-electron chi connectivity index (χ2n) is 6.27. The van der Waals surface area contributed by atoms with Crippen LogP contribution in [0.15, 0.2) is 53.4 Å². The number of nitrogens with one attached hydrogen (secondary N) is 1. The Morgan fingerprint density at radius 2 is 2.12 bits per heavy atom. The molecular weight excluding hydrogens is 332 g/mol. The van der Waals surface area contributed by atoms with Crippen LogP contribution in [0.3, 0.4) is 0 Å². The largest absolute Gasteiger partial charge is 0.348 e. The molecule has 132 valence electrons. The van der Waals surface area contributed by atoms with Gasteiger partial charge in [-0.15, -0.1) is 0 Å². The maximum absolute atomic E-state index is 12.3. The molecular formula is C18H18N6O2. The standard InChI is InChI=1S/C18H18N6O2/c1-24-11-13(21-17(25)12-5-3-2-4-6-12)9-15(24)18-22-16(23-26-18)14-10-19-7-8-20-14/h2-8,10,13,15H,9,11H2,1H3,(H,21,25)/t13-,15-/m0/s1. The summed E-state index contributed by atoms with van der Waals surface area (Å²) in [6.07, 6.45) is 5.48. The summed E-state index contributed by atoms with van der Waals surface area (Å²) in [6.45, 7) is 0.714. The van der Waals surface area contributed by atoms with E-state index in [2.05, 4.69) is 30.3 Å². The predicted molar refractivity (Wildman–Crippen MR) is 93.0 cm³/mol. The van der Waals surface area contributed by atoms with Crippen LogP contribution in [-0.4, -0.2) is 50.5 Å². The van der Waals surface area contributed by atoms with Crippen LogP contribution in [0.4, 0.5) is 0 Å². The van der Waals surface area contributed by atoms with Crippen molar-refractivity contribution in [2.45, 2.75) is 18.5 Å². The Labute approximate surface area is 150 Å². The molecule has 1 N–H and O–H groups in total. The molecule has 1 aliphatic heterocycles. The zero-order chi connectivity index (χ0) is 17.9. The zero-order valence-electron chi connectivity index (χ0n) is 14.2. The fourth-order valence-electron chi connectivity index (χ4n) is 3.14. The molecule has 8 heteroatoms. The average Bonchev–Trinajstić information content (AvgIpc) is 3.30. The Kier molecular flexibility index (Phi) is 4.40. The highest BCUT2D eigenvalue weighted by atomic mass is 16.5. The highest BCUT2D eigenvalue weighted by Crippen LogP contribution is 2.30. The van der Waals surface area contributed by atoms with E-state index >= 15 is 0 Å². The van der Waals surface area contributed by atoms with Crippen LogP contribution in [-0.2, 0) is 0 Å². The van der Waals surface area contributed by atoms with Crippen LogP contribution >= 0.6 is 0 Å². The van der Waals surface area contributed by atoms with E-state index in [4.69, 9.17) is 4.52 Å². The van der Waals surface area contributed by atoms with Gasteiger partial charge in [0.05, 0.1) is 12.2 Å². The van der Waals surface area contributed by atoms with Gasteiger partial charge in [-0.3, -0.25) is 14.7 Å². The van der Waals surface area contributed by atoms with Crippen LogP contribution in [0.25, 0.3) is 11.5 Å². The lowest BCUT2D eigenvalue weighted by Gasteiger charge is -2.14. The van der Waals surface area contributed by atoms with Crippen molar-refractivity contribution in [1.29, 1.82) is 0 Å². The summed E-state index contributed by atoms with van der Waals surface area (Å²) in [5.74, 6) is 0.860. The summed E-state index contributed by atoms with van der Waals surface area (Å²) in [7, 11) is 1.98. The molecule has 1 amide bonds. The maximum atomic E-state index is 12.3. The third-order valence-electron chi connectivity index (χ3n) is 4.44. The van der Waals surface area contributed by atoms with Crippen molar-refractivity contribution in [2.24, 2.45) is 0 Å². The molecule has 4 rings (SSSR count). The van der Waals surface area contributed by atoms with Crippen LogP contribution in [0.2, 0.25) is 0 Å². The summed E-state index contributed by atoms with van der Waals surface area (Å²) in [5, 5.41) is 7.07. The van der Waals surface area contributed by atoms with Gasteiger partial charge in [-0.2, -0.15) is 4.98 Å². The smallest absolute Gasteiger partial charge is 0.251 e. The predicted octanol–water partition coefficient (Wildman–Crippen LogP) is 1.70. The van der Waals surface area contributed by atoms with Crippen LogP contribution in [0.1, 0.15) is 28.7 Å². The van der Waals surface area contributed by atoms with Crippen LogP contribution < -0.4 is 5.32 Å². The van der Waals surface area contributed by atoms with E-state index in [9.17, 15) is 4.79 Å². The van der Waals surface area contributed by atoms with Crippen molar-refractivity contribution >= 4 is 5.91 Å². The molecule has 1 aliphatic rings. The number of hydrogen-bond acceptors (Lipinski definition) is 7. The molecule has 3 aromatic rings. The fraction of sp³-hybridized carbons (Fsp3) is 0.278. The Morgan fingerprint density at radius 1 is 1.27 bits per heavy atom. The first-order chi connectivity index (χ1) is 12.7. The van der Waals surface area contributed by atoms with Gasteiger partial charge in [0.1, 0.15) is 5.69 Å². The van der Waals surface area contributed by atoms with Gasteiger partial charge in [0.15, 0.2) is 0 Å². The topological polar surface area (TPSA) is 97.0 Å². The lowest BCUT2D eigenvalue weighted by Crippen LogP contribution is -2.36. The Hall–Kier alpha value is -3.13. The molecule has 2 atom stereocenters. The average molecular weight is 350 g/mol. The zero-order valence-corrected chi connectivity index (χ0v) is 14.2. The molecule has 0 bridgehead atoms. The van der Waals surface area contributed by atoms with Gasteiger partial charge >= 0.3 is 0 Å². The highest BCUT2D eigenvalue weighted by Gasteiger charge is 2.35. The molecule has 0 saturated carbocycles. The van der Waals surface area contributed by atoms with Gasteiger partial charge in [0.25, 0.3) is 5.91 Å². The van der Waals surface area contributed by atoms with E-state index in [-0.39, 0.29) is 18.0 Å². The lowest BCUT2D eigenvalue weighted by atomic mass is 10.1. The molecule has 3 heterocycles. The van der Waals surface area contributed by atoms with Crippen LogP contribution in [0, 0.1) is 0 Å². The summed E-state index contributed by atoms with van der Waals surface area (Å²) in [5.41, 5.74) is 1.22. The van der Waals surface area contributed by atoms with Gasteiger partial charge in [-0.25, -0.2) is 4.98 Å². The van der Waals surface area contributed by atoms with Crippen molar-refractivity contribution in [3.63, 3.8) is 0 Å². The van der Waals surface area contributed by atoms with Crippen molar-refractivity contribution in [2.75, 3.05) is 13.6 Å². The minimum absolute atomic E-state index is 0.0181. The minimum Gasteiger partial charge on any atom is -0.348 e. The highest BCUT2D eigenvalue weighted by molar-refractivity contribution is 5.94. The molecule has 8 nitrogen and oxygen atoms in total. The van der Waals surface area contributed by atoms with Crippen LogP contribution in [0.5, 0.6) is 0 Å². The summed E-state index contributed by atoms with van der Waals surface area (Å²) < 4.78 is 5.43. The van der Waals surface area contributed by atoms with E-state index in [1.54, 1.807) is 30.7 Å². The van der Waals surface area contributed by atoms with Gasteiger partial charge < -0.3 is 9.84 Å². The molecule has 0 spiro atoms. The van der Waals surface area contributed by atoms with E-state index < -0.39 is 0 Å². The third kappa shape index (κ3) is 3.31. The van der Waals surface area contributed by atoms with Crippen molar-refractivity contribution < 1.29 is 9.32 Å². The number of likely N-dealkylation sites (tertiary alicyclic amines) is 1. The van der Waals surface area contributed by atoms with Crippen molar-refractivity contribution in [3.8, 4) is 11.5 Å². The number of benzene rings is 1. The molecule has 26 heavy (non-hydrogen) atoms. The molecule has 0 unspecified atom stereocenters. The summed E-state index contributed by atoms with van der Waals surface area (Å²) in [4.78, 5) is 27.1. The maximum Gasteiger partial charge on any atom is 0.251 e. The first-order valence-electron chi connectivity index (χ1n) is 8.37. The van der Waals surface area contributed by atoms with Gasteiger partial charge in [0, 0.05) is 30.5 Å². The van der Waals surface area contributed by atoms with Gasteiger partial charge in [-0.1, -0.05) is 23.4 Å². The number of carbonyl (C=O) groups is 1. The molecule has 1 saturated heterocycles. The van der Waals surface area contributed by atoms with Crippen molar-refractivity contribution in [1.82, 2.24) is 30.3 Å². The quantitative estimate of drug-likeness (QED) is 0.765. The fourth-order valence-corrected chi connectivity index (χ4v) is 3.14. The molecule has 0 radical (unpaired) electrons. The normalized spacial score (nSPS) is 20.2. The number of likely N-dealkylation sites (N-methyl/N-ethyl adjacent to an activating group) is 1. The number of aromatic nitrogens is 4. The molecule has 1 aromatic carbocycles. The van der Waals surface area contributed by atoms with E-state index in [1.165, 1.54) is 0 Å². The second kappa shape index (κ2) is 7.01. The minimum atomic E-state index is -0.0737. The van der Waals surface area contributed by atoms with Gasteiger partial charge in [-0.05, 0) is 25.6 Å². The number of hydrogen-bond donors (Lipinski definition) is 1. The lowest BCUT2D eigenvalue weighted by molar-refractivity contribution is 0.0938. The third-order valence-corrected chi connectivity index (χ3v) is 4.44. The number of carbonyl (C=O) groups excluding carboxylic acids is 1. The SMILES string of the molecule is CN1C[C@@H](NC(=O)c2ccccc2)C[C@H]1c1nc(-c2cnccn2)no1. The Morgan fingerprint density at radius 3 is 2.88 bits per heavy atom. The molecule has 2 aromatic heterocycles. The Balaban J connectivity index is 1.44. The first-order valence-corrected chi connectivity index (χ1v) is 8.37. The van der Waals surface area contributed by atoms with Crippen molar-refractivity contribution in [3.05, 3.63) is 60.4 Å². The molecule has 0 aliphatic carbocycles. The monoisotopic (exact) mass is 350 g/mol. The summed E-state index contributed by atoms with van der Waals surface area (Å²) in [6, 6.07) is 9.17. The molecule has 1 fully saturated rings. The van der Waals surface area contributed by atoms with E-state index in [0.717, 1.165) is 0 Å². The van der Waals surface area contributed by atoms with Gasteiger partial charge in [0.2, 0.25) is 11.7 Å². The van der Waals surface area contributed by atoms with E-state index in [0.29, 0.717) is 35.9 Å². The Bertz CT molecular complexity index is 883. The number of amides is 1. The first kappa shape index (κ1) is 16.3. The summed E-state index contributed by atoms with van der Waals surface area (Å²) >= 11 is 0. The number of nitrogens with zero attached hydrogens (tertiary/aromatic N) is 5.